The molecule has 4 saturated carbocycles. The van der Waals surface area contributed by atoms with Gasteiger partial charge >= 0.3 is 0 Å². The number of fused-ring (bicyclic) bond motifs is 5. The van der Waals surface area contributed by atoms with Crippen LogP contribution in [-0.2, 0) is 0 Å². The summed E-state index contributed by atoms with van der Waals surface area (Å²) >= 11 is 0. The minimum Gasteiger partial charge on any atom is -0.393 e. The largest absolute Gasteiger partial charge is 0.393 e. The van der Waals surface area contributed by atoms with Crippen molar-refractivity contribution in [3.8, 4) is 0 Å². The van der Waals surface area contributed by atoms with E-state index in [0.717, 1.165) is 36.5 Å². The number of hydrogen-bond acceptors (Lipinski definition) is 2. The molecule has 0 aromatic heterocycles. The lowest BCUT2D eigenvalue weighted by Crippen LogP contribution is -2.56. The quantitative estimate of drug-likeness (QED) is 0.723. The fraction of sp³-hybridized carbons (Fsp3) is 1.00. The van der Waals surface area contributed by atoms with E-state index in [-0.39, 0.29) is 6.10 Å². The third-order valence-corrected chi connectivity index (χ3v) is 9.97. The minimum absolute atomic E-state index is 0.146. The molecule has 4 fully saturated rings. The first-order valence-corrected chi connectivity index (χ1v) is 11.1. The van der Waals surface area contributed by atoms with Gasteiger partial charge in [0.15, 0.2) is 0 Å². The van der Waals surface area contributed by atoms with Gasteiger partial charge in [-0.05, 0) is 118 Å². The van der Waals surface area contributed by atoms with Gasteiger partial charge in [-0.25, -0.2) is 0 Å². The van der Waals surface area contributed by atoms with Crippen LogP contribution >= 0.6 is 0 Å². The van der Waals surface area contributed by atoms with Crippen molar-refractivity contribution >= 4 is 0 Å². The average Bonchev–Trinajstić information content (AvgIpc) is 2.91. The SMILES string of the molecule is CC[C@]12CCC(C)(O)C[C@@H]1CC[C@H]1[C@@H]3CC[C@H](C(C)O)[C@@]3(C)CC[C@@H]12. The smallest absolute Gasteiger partial charge is 0.0622 e. The van der Waals surface area contributed by atoms with E-state index in [0.29, 0.717) is 16.7 Å². The number of hydrogen-bond donors (Lipinski definition) is 2. The highest BCUT2D eigenvalue weighted by atomic mass is 16.3. The summed E-state index contributed by atoms with van der Waals surface area (Å²) in [5.41, 5.74) is 0.441. The van der Waals surface area contributed by atoms with Crippen molar-refractivity contribution in [1.82, 2.24) is 0 Å². The van der Waals surface area contributed by atoms with Crippen LogP contribution in [0.1, 0.15) is 91.9 Å². The fourth-order valence-corrected chi connectivity index (χ4v) is 8.78. The van der Waals surface area contributed by atoms with Crippen LogP contribution in [0.3, 0.4) is 0 Å². The molecule has 0 radical (unpaired) electrons. The molecule has 0 saturated heterocycles. The Bertz CT molecular complexity index is 512. The third-order valence-electron chi connectivity index (χ3n) is 9.97. The Morgan fingerprint density at radius 2 is 1.72 bits per heavy atom. The Kier molecular flexibility index (Phi) is 4.36. The lowest BCUT2D eigenvalue weighted by Gasteiger charge is -2.63. The molecule has 0 bridgehead atoms. The first-order valence-electron chi connectivity index (χ1n) is 11.1. The molecule has 4 rings (SSSR count). The molecule has 0 aromatic rings. The minimum atomic E-state index is -0.426. The van der Waals surface area contributed by atoms with Crippen molar-refractivity contribution < 1.29 is 10.2 Å². The zero-order valence-corrected chi connectivity index (χ0v) is 16.9. The lowest BCUT2D eigenvalue weighted by molar-refractivity contribution is -0.158. The molecule has 9 atom stereocenters. The van der Waals surface area contributed by atoms with Gasteiger partial charge in [-0.3, -0.25) is 0 Å². The summed E-state index contributed by atoms with van der Waals surface area (Å²) in [6.45, 7) is 9.03. The van der Waals surface area contributed by atoms with Crippen molar-refractivity contribution in [1.29, 1.82) is 0 Å². The van der Waals surface area contributed by atoms with Gasteiger partial charge in [-0.1, -0.05) is 13.8 Å². The number of aliphatic hydroxyl groups is 2. The van der Waals surface area contributed by atoms with Crippen molar-refractivity contribution in [2.75, 3.05) is 0 Å². The van der Waals surface area contributed by atoms with Crippen LogP contribution in [0.25, 0.3) is 0 Å². The van der Waals surface area contributed by atoms with Crippen molar-refractivity contribution in [3.63, 3.8) is 0 Å². The van der Waals surface area contributed by atoms with Gasteiger partial charge in [0, 0.05) is 0 Å². The molecule has 0 amide bonds. The number of rotatable bonds is 2. The van der Waals surface area contributed by atoms with Crippen LogP contribution in [-0.4, -0.2) is 21.9 Å². The van der Waals surface area contributed by atoms with E-state index in [1.807, 2.05) is 6.92 Å². The van der Waals surface area contributed by atoms with Crippen molar-refractivity contribution in [3.05, 3.63) is 0 Å². The highest BCUT2D eigenvalue weighted by Gasteiger charge is 2.62. The van der Waals surface area contributed by atoms with Crippen molar-refractivity contribution in [2.24, 2.45) is 40.4 Å². The summed E-state index contributed by atoms with van der Waals surface area (Å²) in [5.74, 6) is 3.83. The standard InChI is InChI=1S/C23H40O2/c1-5-23-13-12-21(3,25)14-16(23)6-7-17-19-9-8-18(15(2)24)22(19,4)11-10-20(17)23/h15-20,24-25H,5-14H2,1-4H3/t15?,16-,17-,18+,19-,20-,21?,22+,23-/m0/s1. The zero-order valence-electron chi connectivity index (χ0n) is 16.9. The summed E-state index contributed by atoms with van der Waals surface area (Å²) in [4.78, 5) is 0. The zero-order chi connectivity index (χ0) is 18.0. The summed E-state index contributed by atoms with van der Waals surface area (Å²) < 4.78 is 0. The summed E-state index contributed by atoms with van der Waals surface area (Å²) in [6.07, 6.45) is 12.4. The highest BCUT2D eigenvalue weighted by molar-refractivity contribution is 5.11. The Morgan fingerprint density at radius 3 is 2.40 bits per heavy atom. The summed E-state index contributed by atoms with van der Waals surface area (Å²) in [5, 5.41) is 21.0. The van der Waals surface area contributed by atoms with E-state index >= 15 is 0 Å². The molecule has 2 nitrogen and oxygen atoms in total. The maximum absolute atomic E-state index is 10.7. The molecule has 0 aliphatic heterocycles. The Morgan fingerprint density at radius 1 is 0.960 bits per heavy atom. The van der Waals surface area contributed by atoms with Crippen LogP contribution in [0.5, 0.6) is 0 Å². The molecule has 0 aromatic carbocycles. The monoisotopic (exact) mass is 348 g/mol. The molecular weight excluding hydrogens is 308 g/mol. The molecular formula is C23H40O2. The molecule has 4 aliphatic carbocycles. The van der Waals surface area contributed by atoms with Gasteiger partial charge in [-0.2, -0.15) is 0 Å². The molecule has 4 aliphatic rings. The molecule has 0 spiro atoms. The molecule has 25 heavy (non-hydrogen) atoms. The van der Waals surface area contributed by atoms with Gasteiger partial charge in [-0.15, -0.1) is 0 Å². The van der Waals surface area contributed by atoms with Gasteiger partial charge in [0.1, 0.15) is 0 Å². The first-order chi connectivity index (χ1) is 11.7. The van der Waals surface area contributed by atoms with E-state index < -0.39 is 5.60 Å². The highest BCUT2D eigenvalue weighted by Crippen LogP contribution is 2.69. The summed E-state index contributed by atoms with van der Waals surface area (Å²) in [7, 11) is 0. The maximum atomic E-state index is 10.7. The van der Waals surface area contributed by atoms with E-state index in [1.54, 1.807) is 0 Å². The predicted molar refractivity (Wildman–Crippen MR) is 102 cm³/mol. The van der Waals surface area contributed by atoms with Crippen LogP contribution in [0, 0.1) is 40.4 Å². The van der Waals surface area contributed by atoms with E-state index in [1.165, 1.54) is 51.4 Å². The molecule has 2 heteroatoms. The van der Waals surface area contributed by atoms with Crippen LogP contribution in [0.4, 0.5) is 0 Å². The summed E-state index contributed by atoms with van der Waals surface area (Å²) in [6, 6.07) is 0. The molecule has 2 N–H and O–H groups in total. The Balaban J connectivity index is 1.63. The predicted octanol–water partition coefficient (Wildman–Crippen LogP) is 5.17. The second-order valence-electron chi connectivity index (χ2n) is 10.9. The average molecular weight is 349 g/mol. The first kappa shape index (κ1) is 18.3. The fourth-order valence-electron chi connectivity index (χ4n) is 8.78. The third kappa shape index (κ3) is 2.57. The normalized spacial score (nSPS) is 56.6. The van der Waals surface area contributed by atoms with Gasteiger partial charge in [0.2, 0.25) is 0 Å². The second kappa shape index (κ2) is 5.96. The van der Waals surface area contributed by atoms with Crippen molar-refractivity contribution in [2.45, 2.75) is 104 Å². The second-order valence-corrected chi connectivity index (χ2v) is 10.9. The van der Waals surface area contributed by atoms with Gasteiger partial charge < -0.3 is 10.2 Å². The van der Waals surface area contributed by atoms with Crippen LogP contribution in [0.15, 0.2) is 0 Å². The Labute approximate surface area is 154 Å². The van der Waals surface area contributed by atoms with Crippen LogP contribution < -0.4 is 0 Å². The molecule has 0 heterocycles. The van der Waals surface area contributed by atoms with Gasteiger partial charge in [0.25, 0.3) is 0 Å². The lowest BCUT2D eigenvalue weighted by atomic mass is 9.42. The van der Waals surface area contributed by atoms with E-state index in [4.69, 9.17) is 0 Å². The molecule has 144 valence electrons. The molecule has 2 unspecified atom stereocenters. The topological polar surface area (TPSA) is 40.5 Å². The van der Waals surface area contributed by atoms with Crippen LogP contribution in [0.2, 0.25) is 0 Å². The number of aliphatic hydroxyl groups excluding tert-OH is 1. The van der Waals surface area contributed by atoms with E-state index in [2.05, 4.69) is 20.8 Å². The van der Waals surface area contributed by atoms with E-state index in [9.17, 15) is 10.2 Å². The van der Waals surface area contributed by atoms with Gasteiger partial charge in [0.05, 0.1) is 11.7 Å². The Hall–Kier alpha value is -0.0800. The maximum Gasteiger partial charge on any atom is 0.0622 e.